The monoisotopic (exact) mass is 895 g/mol. The molecule has 0 amide bonds. The number of fused-ring (bicyclic) bond motifs is 7. The van der Waals surface area contributed by atoms with Gasteiger partial charge in [-0.2, -0.15) is 11.4 Å². The minimum atomic E-state index is -1.18. The Balaban J connectivity index is 0.00000793. The maximum absolute atomic E-state index is 13.6. The van der Waals surface area contributed by atoms with Gasteiger partial charge >= 0.3 is 35.0 Å². The first-order valence-corrected chi connectivity index (χ1v) is 24.2. The predicted molar refractivity (Wildman–Crippen MR) is 265 cm³/mol. The zero-order chi connectivity index (χ0) is 46.4. The SMILES string of the molecule is C=Cc1c2[n-]c(c1C)/C=C1\[N-]/C(=C3\c4[n-]c(c(C)c4C(O)[C@@H]3C(=O)OC)/C=c3\[n-]/c(c(C)c3CC)=C\2)[C@@H](CCC(=O)OC/C=C(\C)CCC[C@H](C)CCC[C@H](C)CCCC(C)C)[C@@H]1C.[Mg+2]. The molecule has 0 saturated carbocycles. The van der Waals surface area contributed by atoms with E-state index in [1.165, 1.54) is 57.6 Å². The Morgan fingerprint density at radius 3 is 2.14 bits per heavy atom. The second-order valence-corrected chi connectivity index (χ2v) is 19.6. The maximum Gasteiger partial charge on any atom is 2.00 e. The average Bonchev–Trinajstić information content (AvgIpc) is 3.99. The average molecular weight is 896 g/mol. The molecule has 1 saturated heterocycles. The third kappa shape index (κ3) is 11.8. The van der Waals surface area contributed by atoms with Gasteiger partial charge in [-0.25, -0.2) is 0 Å². The van der Waals surface area contributed by atoms with Crippen molar-refractivity contribution in [2.75, 3.05) is 13.7 Å². The van der Waals surface area contributed by atoms with Crippen molar-refractivity contribution in [3.63, 3.8) is 0 Å². The summed E-state index contributed by atoms with van der Waals surface area (Å²) in [5.74, 6) is 0.0351. The van der Waals surface area contributed by atoms with E-state index < -0.39 is 18.0 Å². The molecule has 3 aromatic heterocycles. The molecule has 8 bridgehead atoms. The zero-order valence-electron chi connectivity index (χ0n) is 41.4. The summed E-state index contributed by atoms with van der Waals surface area (Å²) in [5, 5.41) is 18.9. The molecule has 1 fully saturated rings. The molecular formula is C55H74MgN4O5-2. The third-order valence-electron chi connectivity index (χ3n) is 14.4. The zero-order valence-corrected chi connectivity index (χ0v) is 42.8. The summed E-state index contributed by atoms with van der Waals surface area (Å²) in [4.78, 5) is 42.4. The summed E-state index contributed by atoms with van der Waals surface area (Å²) in [6.07, 6.45) is 21.4. The molecule has 1 N–H and O–H groups in total. The molecule has 6 rings (SSSR count). The number of nitrogens with zero attached hydrogens (tertiary/aromatic N) is 4. The van der Waals surface area contributed by atoms with Crippen LogP contribution < -0.4 is 25.7 Å². The van der Waals surface area contributed by atoms with Crippen molar-refractivity contribution in [1.29, 1.82) is 0 Å². The number of aliphatic hydroxyl groups is 1. The topological polar surface area (TPSA) is 129 Å². The number of carbonyl (C=O) groups excluding carboxylic acids is 2. The molecule has 3 aliphatic rings. The first-order valence-electron chi connectivity index (χ1n) is 24.2. The number of aromatic nitrogens is 3. The van der Waals surface area contributed by atoms with Gasteiger partial charge in [-0.05, 0) is 100 Å². The Bertz CT molecular complexity index is 2400. The molecule has 0 spiro atoms. The van der Waals surface area contributed by atoms with Crippen molar-refractivity contribution in [3.8, 4) is 0 Å². The molecule has 9 nitrogen and oxygen atoms in total. The fourth-order valence-corrected chi connectivity index (χ4v) is 10.3. The van der Waals surface area contributed by atoms with Crippen molar-refractivity contribution >= 4 is 64.9 Å². The molecule has 10 heteroatoms. The summed E-state index contributed by atoms with van der Waals surface area (Å²) in [7, 11) is 1.34. The quantitative estimate of drug-likeness (QED) is 0.0675. The Morgan fingerprint density at radius 2 is 1.49 bits per heavy atom. The van der Waals surface area contributed by atoms with E-state index in [-0.39, 0.29) is 53.9 Å². The van der Waals surface area contributed by atoms with Crippen LogP contribution in [0.2, 0.25) is 0 Å². The summed E-state index contributed by atoms with van der Waals surface area (Å²) >= 11 is 0. The van der Waals surface area contributed by atoms with Gasteiger partial charge in [0.1, 0.15) is 12.5 Å². The first-order chi connectivity index (χ1) is 30.6. The summed E-state index contributed by atoms with van der Waals surface area (Å²) < 4.78 is 11.1. The van der Waals surface area contributed by atoms with E-state index in [0.29, 0.717) is 34.6 Å². The fourth-order valence-electron chi connectivity index (χ4n) is 10.3. The van der Waals surface area contributed by atoms with Crippen molar-refractivity contribution in [1.82, 2.24) is 15.0 Å². The van der Waals surface area contributed by atoms with Gasteiger partial charge in [0.15, 0.2) is 0 Å². The minimum absolute atomic E-state index is 0. The molecule has 65 heavy (non-hydrogen) atoms. The first kappa shape index (κ1) is 52.0. The van der Waals surface area contributed by atoms with Crippen molar-refractivity contribution in [2.45, 2.75) is 152 Å². The number of hydrogen-bond acceptors (Lipinski definition) is 5. The minimum Gasteiger partial charge on any atom is -0.664 e. The normalized spacial score (nSPS) is 22.8. The predicted octanol–water partition coefficient (Wildman–Crippen LogP) is 10.2. The van der Waals surface area contributed by atoms with E-state index in [9.17, 15) is 14.7 Å². The van der Waals surface area contributed by atoms with E-state index in [4.69, 9.17) is 29.7 Å². The van der Waals surface area contributed by atoms with Crippen molar-refractivity contribution < 1.29 is 24.2 Å². The van der Waals surface area contributed by atoms with Crippen LogP contribution in [0.5, 0.6) is 0 Å². The van der Waals surface area contributed by atoms with E-state index in [2.05, 4.69) is 62.0 Å². The maximum atomic E-state index is 13.6. The van der Waals surface area contributed by atoms with Crippen LogP contribution in [0, 0.1) is 56.3 Å². The summed E-state index contributed by atoms with van der Waals surface area (Å²) in [6, 6.07) is 0. The molecule has 1 unspecified atom stereocenters. The van der Waals surface area contributed by atoms with Crippen LogP contribution in [0.1, 0.15) is 181 Å². The second kappa shape index (κ2) is 23.1. The molecule has 3 aromatic rings. The fraction of sp³-hybridized carbons (Fsp3) is 0.564. The number of aliphatic hydroxyl groups excluding tert-OH is 1. The summed E-state index contributed by atoms with van der Waals surface area (Å²) in [5.41, 5.74) is 11.4. The van der Waals surface area contributed by atoms with E-state index in [0.717, 1.165) is 92.6 Å². The number of carbonyl (C=O) groups is 2. The van der Waals surface area contributed by atoms with E-state index in [1.54, 1.807) is 0 Å². The molecule has 5 heterocycles. The smallest absolute Gasteiger partial charge is 0.664 e. The van der Waals surface area contributed by atoms with Crippen molar-refractivity contribution in [3.05, 3.63) is 102 Å². The van der Waals surface area contributed by atoms with Gasteiger partial charge in [-0.3, -0.25) is 9.59 Å². The van der Waals surface area contributed by atoms with Crippen LogP contribution in [0.4, 0.5) is 0 Å². The Labute approximate surface area is 405 Å². The van der Waals surface area contributed by atoms with Crippen LogP contribution >= 0.6 is 0 Å². The number of ether oxygens (including phenoxy) is 2. The molecule has 348 valence electrons. The number of rotatable bonds is 20. The van der Waals surface area contributed by atoms with Gasteiger partial charge in [-0.15, -0.1) is 33.5 Å². The van der Waals surface area contributed by atoms with Gasteiger partial charge in [0.2, 0.25) is 0 Å². The largest absolute Gasteiger partial charge is 2.00 e. The van der Waals surface area contributed by atoms with Crippen LogP contribution in [0.3, 0.4) is 0 Å². The molecule has 6 atom stereocenters. The number of esters is 2. The van der Waals surface area contributed by atoms with Gasteiger partial charge in [0.05, 0.1) is 13.2 Å². The number of methoxy groups -OCH3 is 1. The van der Waals surface area contributed by atoms with E-state index in [1.807, 2.05) is 44.2 Å². The number of hydrogen-bond donors (Lipinski definition) is 1. The standard InChI is InChI=1S/C55H74N4O5.Mg/c1-13-39-35(8)42-28-44-37(10)41(24-25-48(60)64-27-26-34(7)23-17-22-33(6)21-16-20-32(5)19-15-18-31(3)4)52(58-44)50-51(55(62)63-12)54(61)49-38(11)45(59-53(49)50)30-47-40(14-2)36(9)43(57-47)29-46(39)56-42;/h13,26,28-33,37,41,51,54,61H,1,14-25,27H2,2-12H3;/q-4;+2/b34-26+,43-29-,44-28-,47-30-,52-50-;/t32-,33-,37+,41+,51-,54?;/m1./s1. The second-order valence-electron chi connectivity index (χ2n) is 19.6. The molecule has 0 aromatic carbocycles. The Morgan fingerprint density at radius 1 is 0.846 bits per heavy atom. The molecule has 2 aliphatic heterocycles. The summed E-state index contributed by atoms with van der Waals surface area (Å²) in [6.45, 7) is 26.2. The van der Waals surface area contributed by atoms with Gasteiger partial charge in [0, 0.05) is 6.42 Å². The Kier molecular flexibility index (Phi) is 18.5. The van der Waals surface area contributed by atoms with Crippen LogP contribution in [0.25, 0.3) is 35.2 Å². The number of allylic oxidation sites excluding steroid dienone is 3. The van der Waals surface area contributed by atoms with E-state index >= 15 is 0 Å². The van der Waals surface area contributed by atoms with Crippen LogP contribution in [0.15, 0.2) is 29.6 Å². The van der Waals surface area contributed by atoms with Gasteiger partial charge in [0.25, 0.3) is 0 Å². The van der Waals surface area contributed by atoms with Crippen LogP contribution in [-0.4, -0.2) is 53.8 Å². The molecule has 1 aliphatic carbocycles. The van der Waals surface area contributed by atoms with Gasteiger partial charge < -0.3 is 34.8 Å². The molecular weight excluding hydrogens is 821 g/mol. The molecule has 0 radical (unpaired) electrons. The van der Waals surface area contributed by atoms with Crippen LogP contribution in [-0.2, 0) is 25.5 Å². The third-order valence-corrected chi connectivity index (χ3v) is 14.4. The Hall–Kier alpha value is -3.99. The van der Waals surface area contributed by atoms with Crippen molar-refractivity contribution in [2.24, 2.45) is 35.5 Å². The van der Waals surface area contributed by atoms with Gasteiger partial charge in [-0.1, -0.05) is 151 Å².